The number of hydrogen-bond donors (Lipinski definition) is 1. The van der Waals surface area contributed by atoms with Crippen molar-refractivity contribution < 1.29 is 9.57 Å². The van der Waals surface area contributed by atoms with Gasteiger partial charge in [-0.05, 0) is 29.9 Å². The Balaban J connectivity index is 1.79. The summed E-state index contributed by atoms with van der Waals surface area (Å²) in [6.45, 7) is 1.98. The van der Waals surface area contributed by atoms with Crippen molar-refractivity contribution in [3.05, 3.63) is 35.4 Å². The summed E-state index contributed by atoms with van der Waals surface area (Å²) in [4.78, 5) is 5.26. The predicted octanol–water partition coefficient (Wildman–Crippen LogP) is 2.23. The molecule has 1 aromatic carbocycles. The first-order chi connectivity index (χ1) is 7.92. The molecule has 0 unspecified atom stereocenters. The molecule has 2 rings (SSSR count). The van der Waals surface area contributed by atoms with E-state index in [4.69, 9.17) is 9.57 Å². The molecule has 0 saturated heterocycles. The first kappa shape index (κ1) is 11.6. The van der Waals surface area contributed by atoms with Crippen LogP contribution in [0.4, 0.5) is 0 Å². The summed E-state index contributed by atoms with van der Waals surface area (Å²) >= 11 is 0. The maximum atomic E-state index is 5.26. The molecule has 0 bridgehead atoms. The second-order valence-electron chi connectivity index (χ2n) is 4.14. The first-order valence-corrected chi connectivity index (χ1v) is 5.83. The zero-order chi connectivity index (χ0) is 11.2. The molecular weight excluding hydrogens is 202 g/mol. The molecule has 0 amide bonds. The van der Waals surface area contributed by atoms with Crippen LogP contribution in [0.3, 0.4) is 0 Å². The van der Waals surface area contributed by atoms with E-state index in [9.17, 15) is 0 Å². The highest BCUT2D eigenvalue weighted by atomic mass is 16.7. The van der Waals surface area contributed by atoms with Gasteiger partial charge in [-0.1, -0.05) is 24.3 Å². The fraction of sp³-hybridized carbons (Fsp3) is 0.538. The minimum Gasteiger partial charge on any atom is -0.382 e. The molecule has 0 radical (unpaired) electrons. The van der Waals surface area contributed by atoms with Gasteiger partial charge in [0.1, 0.15) is 0 Å². The number of rotatable bonds is 7. The van der Waals surface area contributed by atoms with Crippen molar-refractivity contribution in [3.8, 4) is 0 Å². The third kappa shape index (κ3) is 3.30. The summed E-state index contributed by atoms with van der Waals surface area (Å²) in [5.41, 5.74) is 5.81. The van der Waals surface area contributed by atoms with Crippen molar-refractivity contribution in [2.45, 2.75) is 25.3 Å². The third-order valence-electron chi connectivity index (χ3n) is 2.83. The summed E-state index contributed by atoms with van der Waals surface area (Å²) in [6, 6.07) is 8.59. The monoisotopic (exact) mass is 221 g/mol. The smallest absolute Gasteiger partial charge is 0.0916 e. The Morgan fingerprint density at radius 3 is 2.81 bits per heavy atom. The Hall–Kier alpha value is -0.900. The summed E-state index contributed by atoms with van der Waals surface area (Å²) < 4.78 is 4.90. The molecule has 0 heterocycles. The zero-order valence-corrected chi connectivity index (χ0v) is 9.74. The van der Waals surface area contributed by atoms with Crippen LogP contribution in [0, 0.1) is 0 Å². The topological polar surface area (TPSA) is 30.5 Å². The maximum Gasteiger partial charge on any atom is 0.0916 e. The first-order valence-electron chi connectivity index (χ1n) is 5.83. The predicted molar refractivity (Wildman–Crippen MR) is 63.1 cm³/mol. The molecule has 0 atom stereocenters. The van der Waals surface area contributed by atoms with Crippen LogP contribution in [0.5, 0.6) is 0 Å². The van der Waals surface area contributed by atoms with E-state index in [1.54, 1.807) is 7.11 Å². The van der Waals surface area contributed by atoms with E-state index in [2.05, 4.69) is 29.7 Å². The molecule has 3 nitrogen and oxygen atoms in total. The summed E-state index contributed by atoms with van der Waals surface area (Å²) in [7, 11) is 1.67. The summed E-state index contributed by atoms with van der Waals surface area (Å²) in [5.74, 6) is 0.789. The molecular formula is C13H19NO2. The van der Waals surface area contributed by atoms with E-state index in [1.165, 1.54) is 24.0 Å². The van der Waals surface area contributed by atoms with Gasteiger partial charge in [0.25, 0.3) is 0 Å². The van der Waals surface area contributed by atoms with Gasteiger partial charge < -0.3 is 4.74 Å². The number of hydrogen-bond acceptors (Lipinski definition) is 3. The highest BCUT2D eigenvalue weighted by molar-refractivity contribution is 5.32. The molecule has 1 N–H and O–H groups in total. The third-order valence-corrected chi connectivity index (χ3v) is 2.83. The Morgan fingerprint density at radius 2 is 2.06 bits per heavy atom. The van der Waals surface area contributed by atoms with E-state index < -0.39 is 0 Å². The fourth-order valence-corrected chi connectivity index (χ4v) is 1.81. The van der Waals surface area contributed by atoms with Crippen molar-refractivity contribution in [1.82, 2.24) is 5.48 Å². The van der Waals surface area contributed by atoms with E-state index in [-0.39, 0.29) is 0 Å². The van der Waals surface area contributed by atoms with Crippen molar-refractivity contribution in [3.63, 3.8) is 0 Å². The molecule has 1 aliphatic rings. The highest BCUT2D eigenvalue weighted by Crippen LogP contribution is 2.41. The second-order valence-corrected chi connectivity index (χ2v) is 4.14. The maximum absolute atomic E-state index is 5.26. The van der Waals surface area contributed by atoms with Gasteiger partial charge in [-0.2, -0.15) is 5.48 Å². The average molecular weight is 221 g/mol. The molecule has 0 aromatic heterocycles. The number of nitrogens with one attached hydrogen (secondary N) is 1. The van der Waals surface area contributed by atoms with Gasteiger partial charge in [-0.15, -0.1) is 0 Å². The number of benzene rings is 1. The Morgan fingerprint density at radius 1 is 1.25 bits per heavy atom. The molecule has 1 saturated carbocycles. The van der Waals surface area contributed by atoms with Gasteiger partial charge in [-0.3, -0.25) is 4.84 Å². The highest BCUT2D eigenvalue weighted by Gasteiger charge is 2.25. The van der Waals surface area contributed by atoms with Gasteiger partial charge in [-0.25, -0.2) is 0 Å². The lowest BCUT2D eigenvalue weighted by Crippen LogP contribution is -2.17. The zero-order valence-electron chi connectivity index (χ0n) is 9.74. The van der Waals surface area contributed by atoms with Crippen LogP contribution >= 0.6 is 0 Å². The number of hydroxylamine groups is 1. The largest absolute Gasteiger partial charge is 0.382 e. The van der Waals surface area contributed by atoms with Gasteiger partial charge in [0, 0.05) is 13.7 Å². The Labute approximate surface area is 96.7 Å². The van der Waals surface area contributed by atoms with E-state index >= 15 is 0 Å². The fourth-order valence-electron chi connectivity index (χ4n) is 1.81. The minimum atomic E-state index is 0.585. The summed E-state index contributed by atoms with van der Waals surface area (Å²) in [6.07, 6.45) is 2.67. The Bertz CT molecular complexity index is 323. The lowest BCUT2D eigenvalue weighted by molar-refractivity contribution is 0.00337. The van der Waals surface area contributed by atoms with Crippen molar-refractivity contribution in [2.75, 3.05) is 20.3 Å². The molecule has 88 valence electrons. The van der Waals surface area contributed by atoms with Crippen LogP contribution in [0.2, 0.25) is 0 Å². The van der Waals surface area contributed by atoms with Crippen LogP contribution in [0.1, 0.15) is 29.9 Å². The van der Waals surface area contributed by atoms with E-state index in [0.717, 1.165) is 12.5 Å². The molecule has 3 heteroatoms. The van der Waals surface area contributed by atoms with Gasteiger partial charge in [0.05, 0.1) is 13.2 Å². The Kier molecular flexibility index (Phi) is 4.34. The second kappa shape index (κ2) is 5.99. The van der Waals surface area contributed by atoms with Crippen LogP contribution in [-0.4, -0.2) is 20.3 Å². The van der Waals surface area contributed by atoms with E-state index in [0.29, 0.717) is 13.2 Å². The molecule has 1 aliphatic carbocycles. The van der Waals surface area contributed by atoms with Crippen molar-refractivity contribution in [2.24, 2.45) is 0 Å². The molecule has 1 aromatic rings. The van der Waals surface area contributed by atoms with Crippen LogP contribution in [-0.2, 0) is 16.1 Å². The summed E-state index contributed by atoms with van der Waals surface area (Å²) in [5, 5.41) is 0. The van der Waals surface area contributed by atoms with E-state index in [1.807, 2.05) is 0 Å². The molecule has 0 spiro atoms. The lowest BCUT2D eigenvalue weighted by atomic mass is 10.0. The van der Waals surface area contributed by atoms with Crippen molar-refractivity contribution >= 4 is 0 Å². The number of methoxy groups -OCH3 is 1. The average Bonchev–Trinajstić information content (AvgIpc) is 3.13. The quantitative estimate of drug-likeness (QED) is 0.566. The standard InChI is InChI=1S/C13H19NO2/c1-15-8-9-16-14-10-12-4-2-3-5-13(12)11-6-7-11/h2-5,11,14H,6-10H2,1H3. The minimum absolute atomic E-state index is 0.585. The molecule has 0 aliphatic heterocycles. The van der Waals surface area contributed by atoms with Gasteiger partial charge >= 0.3 is 0 Å². The van der Waals surface area contributed by atoms with Crippen LogP contribution in [0.25, 0.3) is 0 Å². The van der Waals surface area contributed by atoms with Gasteiger partial charge in [0.15, 0.2) is 0 Å². The molecule has 1 fully saturated rings. The van der Waals surface area contributed by atoms with Crippen molar-refractivity contribution in [1.29, 1.82) is 0 Å². The lowest BCUT2D eigenvalue weighted by Gasteiger charge is -2.09. The van der Waals surface area contributed by atoms with Gasteiger partial charge in [0.2, 0.25) is 0 Å². The SMILES string of the molecule is COCCONCc1ccccc1C1CC1. The normalized spacial score (nSPS) is 15.3. The van der Waals surface area contributed by atoms with Crippen LogP contribution < -0.4 is 5.48 Å². The number of ether oxygens (including phenoxy) is 1. The molecule has 16 heavy (non-hydrogen) atoms. The van der Waals surface area contributed by atoms with Crippen LogP contribution in [0.15, 0.2) is 24.3 Å².